The lowest BCUT2D eigenvalue weighted by Crippen LogP contribution is -2.40. The van der Waals surface area contributed by atoms with Gasteiger partial charge in [-0.25, -0.2) is 0 Å². The summed E-state index contributed by atoms with van der Waals surface area (Å²) in [6, 6.07) is 5.74. The van der Waals surface area contributed by atoms with Crippen LogP contribution in [0.1, 0.15) is 12.7 Å². The predicted octanol–water partition coefficient (Wildman–Crippen LogP) is 1.11. The van der Waals surface area contributed by atoms with Gasteiger partial charge >= 0.3 is 0 Å². The molecule has 0 fully saturated rings. The summed E-state index contributed by atoms with van der Waals surface area (Å²) in [6.07, 6.45) is 5.26. The van der Waals surface area contributed by atoms with Gasteiger partial charge in [0.1, 0.15) is 5.76 Å². The molecule has 1 amide bonds. The lowest BCUT2D eigenvalue weighted by Gasteiger charge is -2.18. The first-order valence-electron chi connectivity index (χ1n) is 6.62. The summed E-state index contributed by atoms with van der Waals surface area (Å²) in [6.45, 7) is 3.56. The summed E-state index contributed by atoms with van der Waals surface area (Å²) in [5, 5.41) is 7.34. The van der Waals surface area contributed by atoms with E-state index in [0.29, 0.717) is 13.1 Å². The Bertz CT molecular complexity index is 507. The molecule has 0 aliphatic heterocycles. The third-order valence-electron chi connectivity index (χ3n) is 3.02. The minimum Gasteiger partial charge on any atom is -0.467 e. The van der Waals surface area contributed by atoms with Crippen LogP contribution in [0.2, 0.25) is 0 Å². The van der Waals surface area contributed by atoms with E-state index in [2.05, 4.69) is 10.4 Å². The van der Waals surface area contributed by atoms with Crippen molar-refractivity contribution in [2.45, 2.75) is 26.1 Å². The molecule has 0 aliphatic rings. The maximum Gasteiger partial charge on any atom is 0.236 e. The number of furan rings is 1. The van der Waals surface area contributed by atoms with E-state index in [1.54, 1.807) is 24.4 Å². The number of carbonyl (C=O) groups excluding carboxylic acids is 1. The highest BCUT2D eigenvalue weighted by Crippen LogP contribution is 2.03. The summed E-state index contributed by atoms with van der Waals surface area (Å²) in [4.78, 5) is 13.6. The Morgan fingerprint density at radius 1 is 1.55 bits per heavy atom. The van der Waals surface area contributed by atoms with E-state index in [1.165, 1.54) is 0 Å². The first-order chi connectivity index (χ1) is 9.65. The van der Waals surface area contributed by atoms with Gasteiger partial charge in [0.05, 0.1) is 25.9 Å². The van der Waals surface area contributed by atoms with E-state index in [-0.39, 0.29) is 11.9 Å². The van der Waals surface area contributed by atoms with Crippen LogP contribution in [-0.2, 0) is 17.9 Å². The Hall–Kier alpha value is -2.08. The predicted molar refractivity (Wildman–Crippen MR) is 74.9 cm³/mol. The molecule has 2 aromatic rings. The number of likely N-dealkylation sites (N-methyl/N-ethyl adjacent to an activating group) is 1. The van der Waals surface area contributed by atoms with E-state index in [1.807, 2.05) is 36.0 Å². The molecule has 0 saturated carbocycles. The second kappa shape index (κ2) is 6.91. The molecule has 20 heavy (non-hydrogen) atoms. The van der Waals surface area contributed by atoms with Gasteiger partial charge in [-0.3, -0.25) is 9.48 Å². The number of amides is 1. The van der Waals surface area contributed by atoms with E-state index in [4.69, 9.17) is 4.42 Å². The Morgan fingerprint density at radius 2 is 2.40 bits per heavy atom. The fourth-order valence-corrected chi connectivity index (χ4v) is 1.87. The fraction of sp³-hybridized carbons (Fsp3) is 0.429. The SMILES string of the molecule is C[C@H](Cn1cccn1)NCC(=O)N(C)Cc1ccco1. The number of nitrogens with zero attached hydrogens (tertiary/aromatic N) is 3. The monoisotopic (exact) mass is 276 g/mol. The average molecular weight is 276 g/mol. The summed E-state index contributed by atoms with van der Waals surface area (Å²) >= 11 is 0. The maximum absolute atomic E-state index is 12.0. The zero-order chi connectivity index (χ0) is 14.4. The summed E-state index contributed by atoms with van der Waals surface area (Å²) < 4.78 is 7.07. The fourth-order valence-electron chi connectivity index (χ4n) is 1.87. The molecular weight excluding hydrogens is 256 g/mol. The van der Waals surface area contributed by atoms with Crippen LogP contribution in [0.25, 0.3) is 0 Å². The zero-order valence-corrected chi connectivity index (χ0v) is 11.8. The molecule has 1 N–H and O–H groups in total. The number of nitrogens with one attached hydrogen (secondary N) is 1. The van der Waals surface area contributed by atoms with Crippen molar-refractivity contribution in [2.24, 2.45) is 0 Å². The van der Waals surface area contributed by atoms with Crippen LogP contribution in [-0.4, -0.2) is 40.2 Å². The van der Waals surface area contributed by atoms with Crippen molar-refractivity contribution in [1.82, 2.24) is 20.0 Å². The third-order valence-corrected chi connectivity index (χ3v) is 3.02. The van der Waals surface area contributed by atoms with Gasteiger partial charge in [-0.1, -0.05) is 0 Å². The van der Waals surface area contributed by atoms with E-state index < -0.39 is 0 Å². The molecule has 0 unspecified atom stereocenters. The maximum atomic E-state index is 12.0. The van der Waals surface area contributed by atoms with Crippen molar-refractivity contribution in [3.63, 3.8) is 0 Å². The Kier molecular flexibility index (Phi) is 4.95. The van der Waals surface area contributed by atoms with Gasteiger partial charge in [-0.2, -0.15) is 5.10 Å². The first-order valence-corrected chi connectivity index (χ1v) is 6.62. The van der Waals surface area contributed by atoms with Crippen LogP contribution >= 0.6 is 0 Å². The summed E-state index contributed by atoms with van der Waals surface area (Å²) in [5.41, 5.74) is 0. The van der Waals surface area contributed by atoms with Gasteiger partial charge in [0.2, 0.25) is 5.91 Å². The Morgan fingerprint density at radius 3 is 3.05 bits per heavy atom. The van der Waals surface area contributed by atoms with E-state index in [9.17, 15) is 4.79 Å². The molecule has 1 atom stereocenters. The zero-order valence-electron chi connectivity index (χ0n) is 11.8. The molecule has 0 aliphatic carbocycles. The highest BCUT2D eigenvalue weighted by Gasteiger charge is 2.12. The summed E-state index contributed by atoms with van der Waals surface area (Å²) in [5.74, 6) is 0.819. The molecule has 0 radical (unpaired) electrons. The molecule has 2 heterocycles. The van der Waals surface area contributed by atoms with Crippen molar-refractivity contribution < 1.29 is 9.21 Å². The van der Waals surface area contributed by atoms with Crippen LogP contribution in [0.15, 0.2) is 41.3 Å². The third kappa shape index (κ3) is 4.24. The summed E-state index contributed by atoms with van der Waals surface area (Å²) in [7, 11) is 1.77. The Balaban J connectivity index is 1.71. The highest BCUT2D eigenvalue weighted by atomic mass is 16.3. The van der Waals surface area contributed by atoms with Crippen LogP contribution in [0.3, 0.4) is 0 Å². The quantitative estimate of drug-likeness (QED) is 0.823. The number of rotatable bonds is 7. The number of aromatic nitrogens is 2. The lowest BCUT2D eigenvalue weighted by molar-refractivity contribution is -0.129. The normalized spacial score (nSPS) is 12.3. The molecule has 2 aromatic heterocycles. The van der Waals surface area contributed by atoms with Crippen molar-refractivity contribution in [1.29, 1.82) is 0 Å². The molecule has 0 aromatic carbocycles. The number of hydrogen-bond acceptors (Lipinski definition) is 4. The standard InChI is InChI=1S/C14H20N4O2/c1-12(10-18-7-4-6-16-18)15-9-14(19)17(2)11-13-5-3-8-20-13/h3-8,12,15H,9-11H2,1-2H3/t12-/m1/s1. The highest BCUT2D eigenvalue weighted by molar-refractivity contribution is 5.77. The van der Waals surface area contributed by atoms with Crippen LogP contribution < -0.4 is 5.32 Å². The first kappa shape index (κ1) is 14.3. The van der Waals surface area contributed by atoms with Crippen LogP contribution in [0.4, 0.5) is 0 Å². The van der Waals surface area contributed by atoms with Crippen LogP contribution in [0.5, 0.6) is 0 Å². The number of carbonyl (C=O) groups is 1. The van der Waals surface area contributed by atoms with E-state index >= 15 is 0 Å². The van der Waals surface area contributed by atoms with Gasteiger partial charge in [-0.05, 0) is 25.1 Å². The second-order valence-corrected chi connectivity index (χ2v) is 4.84. The Labute approximate surface area is 118 Å². The molecule has 0 bridgehead atoms. The van der Waals surface area contributed by atoms with E-state index in [0.717, 1.165) is 12.3 Å². The molecule has 108 valence electrons. The molecule has 6 nitrogen and oxygen atoms in total. The van der Waals surface area contributed by atoms with Gasteiger partial charge in [0.25, 0.3) is 0 Å². The number of hydrogen-bond donors (Lipinski definition) is 1. The minimum atomic E-state index is 0.0358. The molecule has 2 rings (SSSR count). The average Bonchev–Trinajstić information content (AvgIpc) is 3.09. The smallest absolute Gasteiger partial charge is 0.236 e. The molecule has 6 heteroatoms. The van der Waals surface area contributed by atoms with Crippen LogP contribution in [0, 0.1) is 0 Å². The largest absolute Gasteiger partial charge is 0.467 e. The van der Waals surface area contributed by atoms with Gasteiger partial charge < -0.3 is 14.6 Å². The molecule has 0 spiro atoms. The van der Waals surface area contributed by atoms with Gasteiger partial charge in [0, 0.05) is 25.5 Å². The topological polar surface area (TPSA) is 63.3 Å². The molecule has 0 saturated heterocycles. The minimum absolute atomic E-state index is 0.0358. The van der Waals surface area contributed by atoms with Crippen molar-refractivity contribution in [3.05, 3.63) is 42.6 Å². The van der Waals surface area contributed by atoms with Gasteiger partial charge in [-0.15, -0.1) is 0 Å². The molecular formula is C14H20N4O2. The van der Waals surface area contributed by atoms with Crippen molar-refractivity contribution >= 4 is 5.91 Å². The lowest BCUT2D eigenvalue weighted by atomic mass is 10.3. The van der Waals surface area contributed by atoms with Crippen molar-refractivity contribution in [2.75, 3.05) is 13.6 Å². The van der Waals surface area contributed by atoms with Gasteiger partial charge in [0.15, 0.2) is 0 Å². The van der Waals surface area contributed by atoms with Crippen molar-refractivity contribution in [3.8, 4) is 0 Å². The second-order valence-electron chi connectivity index (χ2n) is 4.84.